The first-order valence-corrected chi connectivity index (χ1v) is 9.26. The van der Waals surface area contributed by atoms with Crippen molar-refractivity contribution in [3.63, 3.8) is 0 Å². The maximum atomic E-state index is 5.43. The molecule has 0 saturated carbocycles. The molecule has 0 amide bonds. The molecule has 0 saturated heterocycles. The smallest absolute Gasteiger partial charge is 0.162 e. The topological polar surface area (TPSA) is 82.1 Å². The average Bonchev–Trinajstić information content (AvgIpc) is 2.79. The fourth-order valence-corrected chi connectivity index (χ4v) is 3.14. The van der Waals surface area contributed by atoms with Gasteiger partial charge in [0.1, 0.15) is 5.82 Å². The van der Waals surface area contributed by atoms with Crippen LogP contribution in [0.15, 0.2) is 61.1 Å². The van der Waals surface area contributed by atoms with Crippen LogP contribution in [0.4, 0.5) is 5.82 Å². The van der Waals surface area contributed by atoms with Gasteiger partial charge in [-0.15, -0.1) is 0 Å². The van der Waals surface area contributed by atoms with Gasteiger partial charge in [0, 0.05) is 53.6 Å². The Bertz CT molecular complexity index is 1100. The highest BCUT2D eigenvalue weighted by atomic mass is 16.5. The lowest BCUT2D eigenvalue weighted by Gasteiger charge is -2.11. The van der Waals surface area contributed by atoms with Crippen LogP contribution in [-0.2, 0) is 6.42 Å². The molecule has 1 aromatic carbocycles. The van der Waals surface area contributed by atoms with Crippen LogP contribution in [0.1, 0.15) is 5.69 Å². The minimum atomic E-state index is 0.622. The number of hydrogen-bond acceptors (Lipinski definition) is 7. The van der Waals surface area contributed by atoms with E-state index in [0.29, 0.717) is 11.5 Å². The van der Waals surface area contributed by atoms with E-state index in [1.54, 1.807) is 26.6 Å². The van der Waals surface area contributed by atoms with Gasteiger partial charge in [0.2, 0.25) is 0 Å². The van der Waals surface area contributed by atoms with Gasteiger partial charge in [-0.25, -0.2) is 4.98 Å². The summed E-state index contributed by atoms with van der Waals surface area (Å²) >= 11 is 0. The van der Waals surface area contributed by atoms with Crippen LogP contribution in [-0.4, -0.2) is 40.9 Å². The van der Waals surface area contributed by atoms with Crippen molar-refractivity contribution in [1.82, 2.24) is 20.2 Å². The molecule has 0 unspecified atom stereocenters. The Kier molecular flexibility index (Phi) is 5.47. The van der Waals surface area contributed by atoms with Gasteiger partial charge in [0.25, 0.3) is 0 Å². The number of hydrogen-bond donors (Lipinski definition) is 1. The Labute approximate surface area is 168 Å². The van der Waals surface area contributed by atoms with E-state index in [9.17, 15) is 0 Å². The molecule has 7 nitrogen and oxygen atoms in total. The molecule has 3 aromatic heterocycles. The largest absolute Gasteiger partial charge is 0.493 e. The van der Waals surface area contributed by atoms with Gasteiger partial charge in [-0.05, 0) is 30.3 Å². The first kappa shape index (κ1) is 18.6. The van der Waals surface area contributed by atoms with Gasteiger partial charge < -0.3 is 14.8 Å². The van der Waals surface area contributed by atoms with Gasteiger partial charge in [0.15, 0.2) is 11.5 Å². The summed E-state index contributed by atoms with van der Waals surface area (Å²) in [6.45, 7) is 0.764. The molecule has 0 fully saturated rings. The molecule has 0 aliphatic rings. The molecular weight excluding hydrogens is 366 g/mol. The minimum absolute atomic E-state index is 0.622. The van der Waals surface area contributed by atoms with E-state index in [0.717, 1.165) is 46.5 Å². The Morgan fingerprint density at radius 2 is 1.79 bits per heavy atom. The monoisotopic (exact) mass is 387 g/mol. The molecule has 0 bridgehead atoms. The first-order valence-electron chi connectivity index (χ1n) is 9.26. The first-order chi connectivity index (χ1) is 14.3. The minimum Gasteiger partial charge on any atom is -0.493 e. The molecule has 4 aromatic rings. The van der Waals surface area contributed by atoms with Gasteiger partial charge >= 0.3 is 0 Å². The Hall–Kier alpha value is -3.74. The normalized spacial score (nSPS) is 10.7. The lowest BCUT2D eigenvalue weighted by atomic mass is 10.0. The van der Waals surface area contributed by atoms with Crippen molar-refractivity contribution in [2.75, 3.05) is 26.1 Å². The molecule has 7 heteroatoms. The number of fused-ring (bicyclic) bond motifs is 1. The maximum Gasteiger partial charge on any atom is 0.162 e. The van der Waals surface area contributed by atoms with E-state index in [2.05, 4.69) is 25.5 Å². The van der Waals surface area contributed by atoms with Crippen molar-refractivity contribution in [2.24, 2.45) is 0 Å². The zero-order valence-electron chi connectivity index (χ0n) is 16.3. The summed E-state index contributed by atoms with van der Waals surface area (Å²) in [4.78, 5) is 8.86. The fraction of sp³-hybridized carbons (Fsp3) is 0.182. The number of rotatable bonds is 7. The van der Waals surface area contributed by atoms with Gasteiger partial charge in [-0.1, -0.05) is 6.07 Å². The summed E-state index contributed by atoms with van der Waals surface area (Å²) < 4.78 is 10.8. The molecule has 0 atom stereocenters. The van der Waals surface area contributed by atoms with Crippen molar-refractivity contribution in [2.45, 2.75) is 6.42 Å². The van der Waals surface area contributed by atoms with E-state index >= 15 is 0 Å². The molecule has 0 aliphatic heterocycles. The summed E-state index contributed by atoms with van der Waals surface area (Å²) in [6.07, 6.45) is 6.21. The second-order valence-electron chi connectivity index (χ2n) is 6.41. The molecule has 0 radical (unpaired) electrons. The standard InChI is InChI=1S/C22H21N5O2/c1-28-20-11-17-18(14-26-27-19(17)12-21(20)29-2)15-6-7-22(25-13-15)24-10-8-16-5-3-4-9-23-16/h3-7,9,11-14H,8,10H2,1-2H3,(H,24,25). The van der Waals surface area contributed by atoms with Crippen LogP contribution >= 0.6 is 0 Å². The number of anilines is 1. The highest BCUT2D eigenvalue weighted by molar-refractivity contribution is 5.95. The number of aromatic nitrogens is 4. The van der Waals surface area contributed by atoms with Crippen molar-refractivity contribution >= 4 is 16.7 Å². The Morgan fingerprint density at radius 1 is 0.931 bits per heavy atom. The number of nitrogens with zero attached hydrogens (tertiary/aromatic N) is 4. The van der Waals surface area contributed by atoms with Gasteiger partial charge in [-0.2, -0.15) is 10.2 Å². The number of ether oxygens (including phenoxy) is 2. The number of benzene rings is 1. The van der Waals surface area contributed by atoms with Crippen LogP contribution in [0.5, 0.6) is 11.5 Å². The number of pyridine rings is 2. The molecule has 146 valence electrons. The quantitative estimate of drug-likeness (QED) is 0.517. The second-order valence-corrected chi connectivity index (χ2v) is 6.41. The van der Waals surface area contributed by atoms with Crippen molar-refractivity contribution < 1.29 is 9.47 Å². The predicted octanol–water partition coefficient (Wildman–Crippen LogP) is 3.76. The van der Waals surface area contributed by atoms with Crippen LogP contribution in [0, 0.1) is 0 Å². The van der Waals surface area contributed by atoms with E-state index < -0.39 is 0 Å². The molecular formula is C22H21N5O2. The summed E-state index contributed by atoms with van der Waals surface area (Å²) in [5.41, 5.74) is 3.67. The van der Waals surface area contributed by atoms with Crippen LogP contribution in [0.2, 0.25) is 0 Å². The van der Waals surface area contributed by atoms with Crippen LogP contribution in [0.3, 0.4) is 0 Å². The molecule has 29 heavy (non-hydrogen) atoms. The second kappa shape index (κ2) is 8.52. The molecule has 0 spiro atoms. The highest BCUT2D eigenvalue weighted by Crippen LogP contribution is 2.35. The van der Waals surface area contributed by atoms with E-state index in [1.807, 2.05) is 48.7 Å². The zero-order valence-corrected chi connectivity index (χ0v) is 16.3. The highest BCUT2D eigenvalue weighted by Gasteiger charge is 2.12. The molecule has 0 aliphatic carbocycles. The third-order valence-electron chi connectivity index (χ3n) is 4.63. The van der Waals surface area contributed by atoms with E-state index in [4.69, 9.17) is 9.47 Å². The SMILES string of the molecule is COc1cc2nncc(-c3ccc(NCCc4ccccn4)nc3)c2cc1OC. The van der Waals surface area contributed by atoms with Crippen LogP contribution in [0.25, 0.3) is 22.0 Å². The maximum absolute atomic E-state index is 5.43. The fourth-order valence-electron chi connectivity index (χ4n) is 3.14. The van der Waals surface area contributed by atoms with Crippen molar-refractivity contribution in [3.05, 3.63) is 66.7 Å². The van der Waals surface area contributed by atoms with Crippen molar-refractivity contribution in [1.29, 1.82) is 0 Å². The Morgan fingerprint density at radius 3 is 2.52 bits per heavy atom. The number of nitrogens with one attached hydrogen (secondary N) is 1. The molecule has 4 rings (SSSR count). The lowest BCUT2D eigenvalue weighted by Crippen LogP contribution is -2.07. The van der Waals surface area contributed by atoms with E-state index in [-0.39, 0.29) is 0 Å². The van der Waals surface area contributed by atoms with E-state index in [1.165, 1.54) is 0 Å². The van der Waals surface area contributed by atoms with Crippen LogP contribution < -0.4 is 14.8 Å². The average molecular weight is 387 g/mol. The third kappa shape index (κ3) is 4.08. The van der Waals surface area contributed by atoms with Crippen molar-refractivity contribution in [3.8, 4) is 22.6 Å². The third-order valence-corrected chi connectivity index (χ3v) is 4.63. The van der Waals surface area contributed by atoms with Gasteiger partial charge in [0.05, 0.1) is 25.9 Å². The summed E-state index contributed by atoms with van der Waals surface area (Å²) in [6, 6.07) is 13.6. The lowest BCUT2D eigenvalue weighted by molar-refractivity contribution is 0.356. The summed E-state index contributed by atoms with van der Waals surface area (Å²) in [7, 11) is 3.22. The molecule has 1 N–H and O–H groups in total. The number of methoxy groups -OCH3 is 2. The zero-order chi connectivity index (χ0) is 20.1. The van der Waals surface area contributed by atoms with Gasteiger partial charge in [-0.3, -0.25) is 4.98 Å². The Balaban J connectivity index is 1.55. The molecule has 3 heterocycles. The summed E-state index contributed by atoms with van der Waals surface area (Å²) in [5.74, 6) is 2.09. The predicted molar refractivity (Wildman–Crippen MR) is 112 cm³/mol. The summed E-state index contributed by atoms with van der Waals surface area (Å²) in [5, 5.41) is 12.6.